The standard InChI is InChI=1S/C16H26N2O3/c19-14-7-3-1-2-5-12(14)17-15(20)13-6-4-10-18(13)16(21)11-8-9-11/h11-14,19H,1-10H2,(H,17,20). The molecule has 3 aliphatic rings. The third-order valence-corrected chi connectivity index (χ3v) is 5.07. The minimum absolute atomic E-state index is 0.0625. The Morgan fingerprint density at radius 3 is 2.48 bits per heavy atom. The number of nitrogens with zero attached hydrogens (tertiary/aromatic N) is 1. The molecule has 3 atom stereocenters. The van der Waals surface area contributed by atoms with Gasteiger partial charge in [0.2, 0.25) is 11.8 Å². The first-order chi connectivity index (χ1) is 10.2. The number of amides is 2. The molecule has 2 saturated carbocycles. The Balaban J connectivity index is 1.59. The highest BCUT2D eigenvalue weighted by Gasteiger charge is 2.41. The second-order valence-electron chi connectivity index (χ2n) is 6.78. The summed E-state index contributed by atoms with van der Waals surface area (Å²) in [7, 11) is 0. The van der Waals surface area contributed by atoms with Gasteiger partial charge in [0.15, 0.2) is 0 Å². The summed E-state index contributed by atoms with van der Waals surface area (Å²) in [5, 5.41) is 13.1. The monoisotopic (exact) mass is 294 g/mol. The summed E-state index contributed by atoms with van der Waals surface area (Å²) < 4.78 is 0. The number of nitrogens with one attached hydrogen (secondary N) is 1. The molecule has 0 aromatic rings. The Bertz CT molecular complexity index is 408. The number of rotatable bonds is 3. The van der Waals surface area contributed by atoms with Gasteiger partial charge in [-0.1, -0.05) is 19.3 Å². The maximum atomic E-state index is 12.5. The fourth-order valence-electron chi connectivity index (χ4n) is 3.60. The van der Waals surface area contributed by atoms with E-state index < -0.39 is 6.10 Å². The van der Waals surface area contributed by atoms with Crippen LogP contribution in [0.1, 0.15) is 57.8 Å². The predicted molar refractivity (Wildman–Crippen MR) is 78.5 cm³/mol. The minimum atomic E-state index is -0.439. The molecular formula is C16H26N2O3. The average molecular weight is 294 g/mol. The van der Waals surface area contributed by atoms with Gasteiger partial charge >= 0.3 is 0 Å². The van der Waals surface area contributed by atoms with Crippen LogP contribution in [-0.4, -0.2) is 46.6 Å². The lowest BCUT2D eigenvalue weighted by Crippen LogP contribution is -2.51. The van der Waals surface area contributed by atoms with Crippen molar-refractivity contribution in [2.24, 2.45) is 5.92 Å². The summed E-state index contributed by atoms with van der Waals surface area (Å²) in [5.41, 5.74) is 0. The molecule has 2 amide bonds. The van der Waals surface area contributed by atoms with Gasteiger partial charge in [0.25, 0.3) is 0 Å². The van der Waals surface area contributed by atoms with Crippen LogP contribution in [0.3, 0.4) is 0 Å². The van der Waals surface area contributed by atoms with Gasteiger partial charge in [0, 0.05) is 12.5 Å². The minimum Gasteiger partial charge on any atom is -0.391 e. The maximum Gasteiger partial charge on any atom is 0.243 e. The molecule has 2 aliphatic carbocycles. The fraction of sp³-hybridized carbons (Fsp3) is 0.875. The molecule has 1 saturated heterocycles. The molecule has 21 heavy (non-hydrogen) atoms. The van der Waals surface area contributed by atoms with E-state index in [0.29, 0.717) is 6.54 Å². The summed E-state index contributed by atoms with van der Waals surface area (Å²) in [6.45, 7) is 0.709. The highest BCUT2D eigenvalue weighted by atomic mass is 16.3. The van der Waals surface area contributed by atoms with Crippen LogP contribution in [0.15, 0.2) is 0 Å². The lowest BCUT2D eigenvalue weighted by Gasteiger charge is -2.28. The number of hydrogen-bond acceptors (Lipinski definition) is 3. The number of carbonyl (C=O) groups excluding carboxylic acids is 2. The topological polar surface area (TPSA) is 69.6 Å². The number of aliphatic hydroxyl groups is 1. The van der Waals surface area contributed by atoms with Gasteiger partial charge in [-0.15, -0.1) is 0 Å². The van der Waals surface area contributed by atoms with E-state index in [1.54, 1.807) is 4.90 Å². The molecule has 3 rings (SSSR count). The van der Waals surface area contributed by atoms with Gasteiger partial charge < -0.3 is 15.3 Å². The molecule has 0 bridgehead atoms. The van der Waals surface area contributed by atoms with Crippen molar-refractivity contribution in [3.05, 3.63) is 0 Å². The number of hydrogen-bond donors (Lipinski definition) is 2. The average Bonchev–Trinajstić information content (AvgIpc) is 3.23. The highest BCUT2D eigenvalue weighted by Crippen LogP contribution is 2.33. The van der Waals surface area contributed by atoms with Gasteiger partial charge in [-0.2, -0.15) is 0 Å². The maximum absolute atomic E-state index is 12.5. The summed E-state index contributed by atoms with van der Waals surface area (Å²) in [6.07, 6.45) is 7.99. The van der Waals surface area contributed by atoms with E-state index >= 15 is 0 Å². The smallest absolute Gasteiger partial charge is 0.243 e. The summed E-state index contributed by atoms with van der Waals surface area (Å²) >= 11 is 0. The molecule has 0 aromatic heterocycles. The third kappa shape index (κ3) is 3.39. The Labute approximate surface area is 126 Å². The predicted octanol–water partition coefficient (Wildman–Crippen LogP) is 1.20. The first kappa shape index (κ1) is 14.8. The third-order valence-electron chi connectivity index (χ3n) is 5.07. The van der Waals surface area contributed by atoms with E-state index in [4.69, 9.17) is 0 Å². The molecule has 1 heterocycles. The van der Waals surface area contributed by atoms with Crippen LogP contribution in [0.2, 0.25) is 0 Å². The lowest BCUT2D eigenvalue weighted by atomic mass is 10.1. The van der Waals surface area contributed by atoms with Crippen LogP contribution in [0.4, 0.5) is 0 Å². The van der Waals surface area contributed by atoms with Gasteiger partial charge in [-0.3, -0.25) is 9.59 Å². The van der Waals surface area contributed by atoms with Crippen LogP contribution in [0.5, 0.6) is 0 Å². The van der Waals surface area contributed by atoms with Crippen molar-refractivity contribution in [3.63, 3.8) is 0 Å². The molecule has 3 unspecified atom stereocenters. The van der Waals surface area contributed by atoms with Crippen molar-refractivity contribution in [2.75, 3.05) is 6.54 Å². The van der Waals surface area contributed by atoms with Gasteiger partial charge in [-0.25, -0.2) is 0 Å². The largest absolute Gasteiger partial charge is 0.391 e. The Kier molecular flexibility index (Phi) is 4.48. The molecule has 3 fully saturated rings. The van der Waals surface area contributed by atoms with Crippen molar-refractivity contribution in [2.45, 2.75) is 76.0 Å². The van der Waals surface area contributed by atoms with E-state index in [0.717, 1.165) is 57.8 Å². The summed E-state index contributed by atoms with van der Waals surface area (Å²) in [6, 6.07) is -0.452. The van der Waals surface area contributed by atoms with Crippen molar-refractivity contribution in [1.82, 2.24) is 10.2 Å². The Morgan fingerprint density at radius 2 is 1.71 bits per heavy atom. The zero-order valence-corrected chi connectivity index (χ0v) is 12.6. The van der Waals surface area contributed by atoms with Gasteiger partial charge in [0.05, 0.1) is 12.1 Å². The Hall–Kier alpha value is -1.10. The molecule has 0 spiro atoms. The molecule has 118 valence electrons. The number of aliphatic hydroxyl groups excluding tert-OH is 1. The highest BCUT2D eigenvalue weighted by molar-refractivity contribution is 5.90. The molecule has 1 aliphatic heterocycles. The van der Waals surface area contributed by atoms with Crippen molar-refractivity contribution < 1.29 is 14.7 Å². The second-order valence-corrected chi connectivity index (χ2v) is 6.78. The van der Waals surface area contributed by atoms with Crippen LogP contribution in [0.25, 0.3) is 0 Å². The molecule has 2 N–H and O–H groups in total. The zero-order chi connectivity index (χ0) is 14.8. The lowest BCUT2D eigenvalue weighted by molar-refractivity contribution is -0.140. The van der Waals surface area contributed by atoms with E-state index in [-0.39, 0.29) is 29.8 Å². The second kappa shape index (κ2) is 6.34. The van der Waals surface area contributed by atoms with E-state index in [1.165, 1.54) is 0 Å². The first-order valence-electron chi connectivity index (χ1n) is 8.46. The fourth-order valence-corrected chi connectivity index (χ4v) is 3.60. The number of likely N-dealkylation sites (tertiary alicyclic amines) is 1. The van der Waals surface area contributed by atoms with E-state index in [2.05, 4.69) is 5.32 Å². The zero-order valence-electron chi connectivity index (χ0n) is 12.6. The van der Waals surface area contributed by atoms with Gasteiger partial charge in [-0.05, 0) is 38.5 Å². The number of carbonyl (C=O) groups is 2. The van der Waals surface area contributed by atoms with E-state index in [9.17, 15) is 14.7 Å². The SMILES string of the molecule is O=C(NC1CCCCCC1O)C1CCCN1C(=O)C1CC1. The molecule has 0 aromatic carbocycles. The molecule has 0 radical (unpaired) electrons. The first-order valence-corrected chi connectivity index (χ1v) is 8.46. The van der Waals surface area contributed by atoms with Crippen molar-refractivity contribution in [3.8, 4) is 0 Å². The van der Waals surface area contributed by atoms with Gasteiger partial charge in [0.1, 0.15) is 6.04 Å². The quantitative estimate of drug-likeness (QED) is 0.768. The van der Waals surface area contributed by atoms with Crippen LogP contribution in [0, 0.1) is 5.92 Å². The summed E-state index contributed by atoms with van der Waals surface area (Å²) in [5.74, 6) is 0.267. The normalized spacial score (nSPS) is 33.6. The van der Waals surface area contributed by atoms with Crippen LogP contribution in [-0.2, 0) is 9.59 Å². The van der Waals surface area contributed by atoms with Crippen LogP contribution >= 0.6 is 0 Å². The summed E-state index contributed by atoms with van der Waals surface area (Å²) in [4.78, 5) is 26.5. The molecule has 5 nitrogen and oxygen atoms in total. The van der Waals surface area contributed by atoms with Crippen LogP contribution < -0.4 is 5.32 Å². The van der Waals surface area contributed by atoms with Crippen molar-refractivity contribution >= 4 is 11.8 Å². The Morgan fingerprint density at radius 1 is 0.952 bits per heavy atom. The molecule has 5 heteroatoms. The molecular weight excluding hydrogens is 268 g/mol. The van der Waals surface area contributed by atoms with E-state index in [1.807, 2.05) is 0 Å². The van der Waals surface area contributed by atoms with Crippen molar-refractivity contribution in [1.29, 1.82) is 0 Å².